The summed E-state index contributed by atoms with van der Waals surface area (Å²) < 4.78 is 36.5. The smallest absolute Gasteiger partial charge is 0.337 e. The molecular weight excluding hydrogens is 440 g/mol. The lowest BCUT2D eigenvalue weighted by Crippen LogP contribution is -2.19. The molecule has 1 amide bonds. The van der Waals surface area contributed by atoms with Gasteiger partial charge in [-0.3, -0.25) is 4.79 Å². The molecule has 0 bridgehead atoms. The fraction of sp³-hybridized carbons (Fsp3) is 0.286. The number of rotatable bonds is 7. The highest BCUT2D eigenvalue weighted by Crippen LogP contribution is 2.20. The Hall–Kier alpha value is -2.82. The Kier molecular flexibility index (Phi) is 7.04. The van der Waals surface area contributed by atoms with Crippen molar-refractivity contribution >= 4 is 43.3 Å². The van der Waals surface area contributed by atoms with Gasteiger partial charge in [-0.2, -0.15) is 4.99 Å². The standard InChI is InChI=1S/C21H22N2O6S2/c1-4-31(26,27)16-8-5-14(6-9-16)19(24)22-21-23(11-12-28-2)17-10-7-15(20(25)29-3)13-18(17)30-21/h5-10,13H,4,11-12H2,1-3H3. The van der Waals surface area contributed by atoms with Gasteiger partial charge in [0.1, 0.15) is 0 Å². The zero-order valence-corrected chi connectivity index (χ0v) is 19.0. The molecule has 10 heteroatoms. The number of aromatic nitrogens is 1. The second kappa shape index (κ2) is 9.54. The van der Waals surface area contributed by atoms with Crippen LogP contribution in [0.2, 0.25) is 0 Å². The molecule has 3 aromatic rings. The van der Waals surface area contributed by atoms with Gasteiger partial charge >= 0.3 is 5.97 Å². The van der Waals surface area contributed by atoms with E-state index in [0.717, 1.165) is 10.2 Å². The van der Waals surface area contributed by atoms with Crippen LogP contribution in [0.1, 0.15) is 27.6 Å². The first kappa shape index (κ1) is 22.9. The van der Waals surface area contributed by atoms with Crippen LogP contribution in [0.3, 0.4) is 0 Å². The molecule has 8 nitrogen and oxygen atoms in total. The number of nitrogens with zero attached hydrogens (tertiary/aromatic N) is 2. The lowest BCUT2D eigenvalue weighted by atomic mass is 10.2. The van der Waals surface area contributed by atoms with Crippen LogP contribution in [0.4, 0.5) is 0 Å². The van der Waals surface area contributed by atoms with Crippen molar-refractivity contribution in [3.63, 3.8) is 0 Å². The van der Waals surface area contributed by atoms with Crippen LogP contribution < -0.4 is 4.80 Å². The molecule has 0 aliphatic rings. The molecule has 0 atom stereocenters. The van der Waals surface area contributed by atoms with Gasteiger partial charge in [-0.15, -0.1) is 0 Å². The van der Waals surface area contributed by atoms with Crippen LogP contribution in [-0.4, -0.2) is 51.4 Å². The Morgan fingerprint density at radius 2 is 1.74 bits per heavy atom. The number of carbonyl (C=O) groups excluding carboxylic acids is 2. The molecule has 0 aliphatic heterocycles. The molecule has 164 valence electrons. The summed E-state index contributed by atoms with van der Waals surface area (Å²) >= 11 is 1.27. The van der Waals surface area contributed by atoms with Gasteiger partial charge in [0.25, 0.3) is 5.91 Å². The van der Waals surface area contributed by atoms with Gasteiger partial charge in [0.2, 0.25) is 0 Å². The molecular formula is C21H22N2O6S2. The topological polar surface area (TPSA) is 104 Å². The van der Waals surface area contributed by atoms with E-state index in [1.54, 1.807) is 32.2 Å². The number of hydrogen-bond acceptors (Lipinski definition) is 7. The summed E-state index contributed by atoms with van der Waals surface area (Å²) in [5.74, 6) is -0.957. The fourth-order valence-electron chi connectivity index (χ4n) is 2.92. The van der Waals surface area contributed by atoms with Crippen molar-refractivity contribution in [2.75, 3.05) is 26.6 Å². The third-order valence-corrected chi connectivity index (χ3v) is 7.45. The fourth-order valence-corrected chi connectivity index (χ4v) is 4.90. The third-order valence-electron chi connectivity index (χ3n) is 4.66. The van der Waals surface area contributed by atoms with E-state index in [1.165, 1.54) is 42.7 Å². The van der Waals surface area contributed by atoms with Crippen molar-refractivity contribution in [2.45, 2.75) is 18.4 Å². The number of benzene rings is 2. The van der Waals surface area contributed by atoms with E-state index in [0.29, 0.717) is 23.5 Å². The molecule has 0 saturated heterocycles. The Labute approximate surface area is 183 Å². The van der Waals surface area contributed by atoms with Gasteiger partial charge in [0, 0.05) is 19.2 Å². The molecule has 0 unspecified atom stereocenters. The molecule has 31 heavy (non-hydrogen) atoms. The number of sulfone groups is 1. The van der Waals surface area contributed by atoms with Gasteiger partial charge in [0.15, 0.2) is 14.6 Å². The minimum Gasteiger partial charge on any atom is -0.465 e. The number of methoxy groups -OCH3 is 2. The zero-order chi connectivity index (χ0) is 22.6. The maximum Gasteiger partial charge on any atom is 0.337 e. The molecule has 0 fully saturated rings. The minimum atomic E-state index is -3.34. The van der Waals surface area contributed by atoms with E-state index in [2.05, 4.69) is 4.99 Å². The SMILES string of the molecule is CCS(=O)(=O)c1ccc(C(=O)N=c2sc3cc(C(=O)OC)ccc3n2CCOC)cc1. The minimum absolute atomic E-state index is 0.0144. The number of ether oxygens (including phenoxy) is 2. The average molecular weight is 463 g/mol. The first-order valence-corrected chi connectivity index (χ1v) is 11.9. The van der Waals surface area contributed by atoms with Crippen molar-refractivity contribution < 1.29 is 27.5 Å². The number of carbonyl (C=O) groups is 2. The highest BCUT2D eigenvalue weighted by molar-refractivity contribution is 7.91. The molecule has 3 rings (SSSR count). The average Bonchev–Trinajstić information content (AvgIpc) is 3.12. The van der Waals surface area contributed by atoms with Crippen molar-refractivity contribution in [2.24, 2.45) is 4.99 Å². The summed E-state index contributed by atoms with van der Waals surface area (Å²) in [6, 6.07) is 10.9. The first-order chi connectivity index (χ1) is 14.8. The highest BCUT2D eigenvalue weighted by Gasteiger charge is 2.14. The van der Waals surface area contributed by atoms with Crippen molar-refractivity contribution in [3.05, 3.63) is 58.4 Å². The third kappa shape index (κ3) is 4.92. The van der Waals surface area contributed by atoms with Crippen molar-refractivity contribution in [1.29, 1.82) is 0 Å². The van der Waals surface area contributed by atoms with E-state index in [1.807, 2.05) is 4.57 Å². The molecule has 0 N–H and O–H groups in total. The van der Waals surface area contributed by atoms with E-state index < -0.39 is 21.7 Å². The lowest BCUT2D eigenvalue weighted by molar-refractivity contribution is 0.0600. The van der Waals surface area contributed by atoms with Crippen molar-refractivity contribution in [1.82, 2.24) is 4.57 Å². The van der Waals surface area contributed by atoms with Gasteiger partial charge in [0.05, 0.1) is 40.1 Å². The predicted molar refractivity (Wildman–Crippen MR) is 117 cm³/mol. The van der Waals surface area contributed by atoms with Crippen LogP contribution in [0.15, 0.2) is 52.4 Å². The van der Waals surface area contributed by atoms with E-state index in [9.17, 15) is 18.0 Å². The molecule has 0 spiro atoms. The predicted octanol–water partition coefficient (Wildman–Crippen LogP) is 2.67. The van der Waals surface area contributed by atoms with Crippen LogP contribution in [0.25, 0.3) is 10.2 Å². The molecule has 0 saturated carbocycles. The molecule has 2 aromatic carbocycles. The number of hydrogen-bond donors (Lipinski definition) is 0. The van der Waals surface area contributed by atoms with Crippen LogP contribution >= 0.6 is 11.3 Å². The Morgan fingerprint density at radius 3 is 2.35 bits per heavy atom. The second-order valence-corrected chi connectivity index (χ2v) is 9.84. The van der Waals surface area contributed by atoms with Crippen LogP contribution in [-0.2, 0) is 25.9 Å². The summed E-state index contributed by atoms with van der Waals surface area (Å²) in [4.78, 5) is 29.4. The van der Waals surface area contributed by atoms with Gasteiger partial charge in [-0.1, -0.05) is 18.3 Å². The van der Waals surface area contributed by atoms with Crippen LogP contribution in [0.5, 0.6) is 0 Å². The number of fused-ring (bicyclic) bond motifs is 1. The summed E-state index contributed by atoms with van der Waals surface area (Å²) in [6.45, 7) is 2.44. The molecule has 1 heterocycles. The summed E-state index contributed by atoms with van der Waals surface area (Å²) in [6.07, 6.45) is 0. The molecule has 1 aromatic heterocycles. The monoisotopic (exact) mass is 462 g/mol. The maximum atomic E-state index is 12.7. The van der Waals surface area contributed by atoms with E-state index >= 15 is 0 Å². The Bertz CT molecular complexity index is 1290. The number of esters is 1. The van der Waals surface area contributed by atoms with Crippen LogP contribution in [0, 0.1) is 0 Å². The molecule has 0 aliphatic carbocycles. The van der Waals surface area contributed by atoms with Crippen molar-refractivity contribution in [3.8, 4) is 0 Å². The first-order valence-electron chi connectivity index (χ1n) is 9.43. The van der Waals surface area contributed by atoms with E-state index in [4.69, 9.17) is 9.47 Å². The normalized spacial score (nSPS) is 12.3. The Morgan fingerprint density at radius 1 is 1.06 bits per heavy atom. The largest absolute Gasteiger partial charge is 0.465 e. The summed E-state index contributed by atoms with van der Waals surface area (Å²) in [5, 5.41) is 0. The molecule has 0 radical (unpaired) electrons. The zero-order valence-electron chi connectivity index (χ0n) is 17.3. The highest BCUT2D eigenvalue weighted by atomic mass is 32.2. The maximum absolute atomic E-state index is 12.7. The Balaban J connectivity index is 2.04. The number of amides is 1. The summed E-state index contributed by atoms with van der Waals surface area (Å²) in [5.41, 5.74) is 1.49. The lowest BCUT2D eigenvalue weighted by Gasteiger charge is -2.05. The van der Waals surface area contributed by atoms with Gasteiger partial charge in [-0.25, -0.2) is 13.2 Å². The summed E-state index contributed by atoms with van der Waals surface area (Å²) in [7, 11) is -0.446. The number of thiazole rings is 1. The van der Waals surface area contributed by atoms with Gasteiger partial charge < -0.3 is 14.0 Å². The van der Waals surface area contributed by atoms with Gasteiger partial charge in [-0.05, 0) is 42.5 Å². The second-order valence-electron chi connectivity index (χ2n) is 6.55. The van der Waals surface area contributed by atoms with E-state index in [-0.39, 0.29) is 16.2 Å². The quantitative estimate of drug-likeness (QED) is 0.500.